The van der Waals surface area contributed by atoms with Crippen molar-refractivity contribution in [3.63, 3.8) is 0 Å². The van der Waals surface area contributed by atoms with E-state index < -0.39 is 17.9 Å². The Labute approximate surface area is 113 Å². The van der Waals surface area contributed by atoms with E-state index in [1.807, 2.05) is 0 Å². The molecule has 20 heavy (non-hydrogen) atoms. The van der Waals surface area contributed by atoms with Gasteiger partial charge in [0.1, 0.15) is 5.75 Å². The van der Waals surface area contributed by atoms with Gasteiger partial charge in [0, 0.05) is 18.0 Å². The Balaban J connectivity index is 2.43. The number of hydrogen-bond donors (Lipinski definition) is 0. The molecule has 0 aliphatic heterocycles. The Bertz CT molecular complexity index is 638. The number of nitrogens with zero attached hydrogens (tertiary/aromatic N) is 1. The number of pyridine rings is 1. The first-order valence-corrected chi connectivity index (χ1v) is 5.68. The molecule has 0 aliphatic rings. The van der Waals surface area contributed by atoms with Crippen LogP contribution in [0.2, 0.25) is 0 Å². The first-order chi connectivity index (χ1) is 9.38. The van der Waals surface area contributed by atoms with Gasteiger partial charge in [-0.25, -0.2) is 0 Å². The standard InChI is InChI=1S/C14H10F3NO2/c1-9-6-7-18-8-11(9)13(19)10-4-2-3-5-12(10)20-14(15,16)17/h2-8H,1H3. The van der Waals surface area contributed by atoms with Crippen molar-refractivity contribution in [1.82, 2.24) is 4.98 Å². The van der Waals surface area contributed by atoms with Gasteiger partial charge in [-0.3, -0.25) is 9.78 Å². The molecule has 0 unspecified atom stereocenters. The van der Waals surface area contributed by atoms with E-state index in [1.54, 1.807) is 13.0 Å². The molecule has 0 spiro atoms. The number of carbonyl (C=O) groups excluding carboxylic acids is 1. The topological polar surface area (TPSA) is 39.2 Å². The second kappa shape index (κ2) is 5.32. The van der Waals surface area contributed by atoms with Crippen LogP contribution < -0.4 is 4.74 Å². The van der Waals surface area contributed by atoms with E-state index in [2.05, 4.69) is 9.72 Å². The molecule has 2 aromatic rings. The summed E-state index contributed by atoms with van der Waals surface area (Å²) in [5.41, 5.74) is 0.721. The van der Waals surface area contributed by atoms with E-state index in [4.69, 9.17) is 0 Å². The molecule has 0 saturated carbocycles. The first kappa shape index (κ1) is 14.0. The third-order valence-corrected chi connectivity index (χ3v) is 2.64. The van der Waals surface area contributed by atoms with Gasteiger partial charge in [0.05, 0.1) is 5.56 Å². The van der Waals surface area contributed by atoms with Crippen molar-refractivity contribution in [3.05, 3.63) is 59.4 Å². The van der Waals surface area contributed by atoms with Gasteiger partial charge < -0.3 is 4.74 Å². The number of halogens is 3. The van der Waals surface area contributed by atoms with E-state index in [0.29, 0.717) is 5.56 Å². The highest BCUT2D eigenvalue weighted by Crippen LogP contribution is 2.28. The summed E-state index contributed by atoms with van der Waals surface area (Å²) in [6.45, 7) is 1.68. The molecule has 1 aromatic heterocycles. The first-order valence-electron chi connectivity index (χ1n) is 5.68. The molecule has 0 fully saturated rings. The Morgan fingerprint density at radius 1 is 1.15 bits per heavy atom. The Kier molecular flexibility index (Phi) is 3.74. The minimum absolute atomic E-state index is 0.152. The lowest BCUT2D eigenvalue weighted by Gasteiger charge is -2.13. The van der Waals surface area contributed by atoms with Crippen molar-refractivity contribution in [1.29, 1.82) is 0 Å². The SMILES string of the molecule is Cc1ccncc1C(=O)c1ccccc1OC(F)(F)F. The third kappa shape index (κ3) is 3.14. The molecule has 3 nitrogen and oxygen atoms in total. The number of aromatic nitrogens is 1. The molecule has 1 aromatic carbocycles. The van der Waals surface area contributed by atoms with Crippen LogP contribution in [-0.2, 0) is 0 Å². The smallest absolute Gasteiger partial charge is 0.405 e. The maximum absolute atomic E-state index is 12.3. The highest BCUT2D eigenvalue weighted by molar-refractivity contribution is 6.11. The van der Waals surface area contributed by atoms with Gasteiger partial charge >= 0.3 is 6.36 Å². The lowest BCUT2D eigenvalue weighted by molar-refractivity contribution is -0.274. The van der Waals surface area contributed by atoms with E-state index in [1.165, 1.54) is 30.6 Å². The Morgan fingerprint density at radius 3 is 2.50 bits per heavy atom. The van der Waals surface area contributed by atoms with Gasteiger partial charge in [0.25, 0.3) is 0 Å². The van der Waals surface area contributed by atoms with Crippen LogP contribution in [0.4, 0.5) is 13.2 Å². The van der Waals surface area contributed by atoms with Crippen LogP contribution in [0.25, 0.3) is 0 Å². The van der Waals surface area contributed by atoms with Crippen LogP contribution in [0.3, 0.4) is 0 Å². The molecule has 0 amide bonds. The van der Waals surface area contributed by atoms with Crippen LogP contribution in [0.15, 0.2) is 42.7 Å². The summed E-state index contributed by atoms with van der Waals surface area (Å²) in [4.78, 5) is 16.1. The number of carbonyl (C=O) groups is 1. The third-order valence-electron chi connectivity index (χ3n) is 2.64. The minimum atomic E-state index is -4.85. The van der Waals surface area contributed by atoms with Crippen molar-refractivity contribution in [2.75, 3.05) is 0 Å². The van der Waals surface area contributed by atoms with Crippen LogP contribution in [0, 0.1) is 6.92 Å². The fourth-order valence-corrected chi connectivity index (χ4v) is 1.71. The summed E-state index contributed by atoms with van der Waals surface area (Å²) in [5.74, 6) is -1.08. The fourth-order valence-electron chi connectivity index (χ4n) is 1.71. The molecule has 0 bridgehead atoms. The lowest BCUT2D eigenvalue weighted by atomic mass is 10.0. The molecule has 0 radical (unpaired) electrons. The second-order valence-corrected chi connectivity index (χ2v) is 4.06. The van der Waals surface area contributed by atoms with E-state index in [0.717, 1.165) is 6.07 Å². The number of ketones is 1. The number of rotatable bonds is 3. The normalized spacial score (nSPS) is 11.2. The van der Waals surface area contributed by atoms with Gasteiger partial charge in [-0.1, -0.05) is 12.1 Å². The molecule has 1 heterocycles. The summed E-state index contributed by atoms with van der Waals surface area (Å²) < 4.78 is 40.8. The van der Waals surface area contributed by atoms with E-state index in [9.17, 15) is 18.0 Å². The maximum Gasteiger partial charge on any atom is 0.573 e. The number of hydrogen-bond acceptors (Lipinski definition) is 3. The van der Waals surface area contributed by atoms with Crippen molar-refractivity contribution in [3.8, 4) is 5.75 Å². The van der Waals surface area contributed by atoms with Crippen molar-refractivity contribution < 1.29 is 22.7 Å². The summed E-state index contributed by atoms with van der Waals surface area (Å²) in [6, 6.07) is 6.85. The highest BCUT2D eigenvalue weighted by atomic mass is 19.4. The average molecular weight is 281 g/mol. The summed E-state index contributed by atoms with van der Waals surface area (Å²) in [5, 5.41) is 0. The van der Waals surface area contributed by atoms with Crippen LogP contribution in [0.1, 0.15) is 21.5 Å². The quantitative estimate of drug-likeness (QED) is 0.808. The number of ether oxygens (including phenoxy) is 1. The van der Waals surface area contributed by atoms with Crippen molar-refractivity contribution >= 4 is 5.78 Å². The van der Waals surface area contributed by atoms with Crippen molar-refractivity contribution in [2.45, 2.75) is 13.3 Å². The molecule has 2 rings (SSSR count). The number of benzene rings is 1. The predicted molar refractivity (Wildman–Crippen MR) is 65.5 cm³/mol. The van der Waals surface area contributed by atoms with E-state index in [-0.39, 0.29) is 11.1 Å². The van der Waals surface area contributed by atoms with Gasteiger partial charge in [0.2, 0.25) is 0 Å². The molecule has 0 aliphatic carbocycles. The van der Waals surface area contributed by atoms with Crippen LogP contribution in [0.5, 0.6) is 5.75 Å². The zero-order valence-electron chi connectivity index (χ0n) is 10.4. The van der Waals surface area contributed by atoms with Gasteiger partial charge in [-0.15, -0.1) is 13.2 Å². The van der Waals surface area contributed by atoms with E-state index >= 15 is 0 Å². The average Bonchev–Trinajstić information content (AvgIpc) is 2.37. The monoisotopic (exact) mass is 281 g/mol. The highest BCUT2D eigenvalue weighted by Gasteiger charge is 2.33. The fraction of sp³-hybridized carbons (Fsp3) is 0.143. The van der Waals surface area contributed by atoms with Crippen molar-refractivity contribution in [2.24, 2.45) is 0 Å². The Morgan fingerprint density at radius 2 is 1.85 bits per heavy atom. The predicted octanol–water partition coefficient (Wildman–Crippen LogP) is 3.52. The largest absolute Gasteiger partial charge is 0.573 e. The van der Waals surface area contributed by atoms with Crippen LogP contribution >= 0.6 is 0 Å². The van der Waals surface area contributed by atoms with Gasteiger partial charge in [-0.2, -0.15) is 0 Å². The minimum Gasteiger partial charge on any atom is -0.405 e. The summed E-state index contributed by atoms with van der Waals surface area (Å²) in [6.07, 6.45) is -2.02. The Hall–Kier alpha value is -2.37. The maximum atomic E-state index is 12.3. The molecule has 0 atom stereocenters. The zero-order valence-corrected chi connectivity index (χ0v) is 10.4. The number of aryl methyl sites for hydroxylation is 1. The van der Waals surface area contributed by atoms with Gasteiger partial charge in [-0.05, 0) is 30.7 Å². The molecule has 0 N–H and O–H groups in total. The van der Waals surface area contributed by atoms with Crippen LogP contribution in [-0.4, -0.2) is 17.1 Å². The second-order valence-electron chi connectivity index (χ2n) is 4.06. The zero-order chi connectivity index (χ0) is 14.8. The number of alkyl halides is 3. The molecule has 0 saturated heterocycles. The molecule has 6 heteroatoms. The molecule has 104 valence electrons. The molecular weight excluding hydrogens is 271 g/mol. The summed E-state index contributed by atoms with van der Waals surface area (Å²) in [7, 11) is 0. The summed E-state index contributed by atoms with van der Waals surface area (Å²) >= 11 is 0. The number of para-hydroxylation sites is 1. The lowest BCUT2D eigenvalue weighted by Crippen LogP contribution is -2.19. The van der Waals surface area contributed by atoms with Gasteiger partial charge in [0.15, 0.2) is 5.78 Å². The molecular formula is C14H10F3NO2.